The van der Waals surface area contributed by atoms with E-state index in [1.54, 1.807) is 51.4 Å². The van der Waals surface area contributed by atoms with Crippen LogP contribution in [0.1, 0.15) is 83.9 Å². The Morgan fingerprint density at radius 2 is 1.46 bits per heavy atom. The number of benzene rings is 2. The molecule has 0 spiro atoms. The van der Waals surface area contributed by atoms with Crippen molar-refractivity contribution in [2.75, 3.05) is 33.8 Å². The van der Waals surface area contributed by atoms with E-state index in [2.05, 4.69) is 21.3 Å². The van der Waals surface area contributed by atoms with Crippen LogP contribution in [-0.4, -0.2) is 103 Å². The van der Waals surface area contributed by atoms with Crippen LogP contribution in [0.4, 0.5) is 4.79 Å². The third-order valence-corrected chi connectivity index (χ3v) is 9.19. The van der Waals surface area contributed by atoms with Crippen molar-refractivity contribution in [1.29, 1.82) is 0 Å². The smallest absolute Gasteiger partial charge is 0.407 e. The molecule has 14 nitrogen and oxygen atoms in total. The predicted molar refractivity (Wildman–Crippen MR) is 203 cm³/mol. The lowest BCUT2D eigenvalue weighted by molar-refractivity contribution is -0.143. The van der Waals surface area contributed by atoms with Crippen molar-refractivity contribution in [1.82, 2.24) is 31.1 Å². The summed E-state index contributed by atoms with van der Waals surface area (Å²) >= 11 is 0. The number of likely N-dealkylation sites (N-methyl/N-ethyl adjacent to an activating group) is 1. The molecule has 1 fully saturated rings. The van der Waals surface area contributed by atoms with Gasteiger partial charge in [-0.05, 0) is 35.3 Å². The van der Waals surface area contributed by atoms with Gasteiger partial charge in [0.1, 0.15) is 18.1 Å². The zero-order chi connectivity index (χ0) is 40.2. The van der Waals surface area contributed by atoms with Crippen LogP contribution in [0.15, 0.2) is 60.7 Å². The molecule has 5 atom stereocenters. The van der Waals surface area contributed by atoms with E-state index in [4.69, 9.17) is 4.74 Å². The van der Waals surface area contributed by atoms with Crippen molar-refractivity contribution in [3.63, 3.8) is 0 Å². The van der Waals surface area contributed by atoms with E-state index in [9.17, 15) is 33.6 Å². The lowest BCUT2D eigenvalue weighted by atomic mass is 9.90. The molecule has 3 unspecified atom stereocenters. The number of ether oxygens (including phenoxy) is 1. The van der Waals surface area contributed by atoms with Gasteiger partial charge in [-0.15, -0.1) is 0 Å². The lowest BCUT2D eigenvalue weighted by Gasteiger charge is -2.32. The Bertz CT molecular complexity index is 1630. The highest BCUT2D eigenvalue weighted by Crippen LogP contribution is 2.36. The Balaban J connectivity index is 1.75. The monoisotopic (exact) mass is 748 g/mol. The number of carbonyl (C=O) groups excluding carboxylic acids is 7. The van der Waals surface area contributed by atoms with Gasteiger partial charge in [0.2, 0.25) is 29.4 Å². The minimum atomic E-state index is -1.23. The van der Waals surface area contributed by atoms with Gasteiger partial charge < -0.3 is 35.8 Å². The molecular weight excluding hydrogens is 692 g/mol. The molecule has 0 saturated carbocycles. The molecule has 54 heavy (non-hydrogen) atoms. The van der Waals surface area contributed by atoms with E-state index >= 15 is 0 Å². The predicted octanol–water partition coefficient (Wildman–Crippen LogP) is 3.08. The molecule has 0 bridgehead atoms. The molecule has 294 valence electrons. The molecule has 0 aliphatic carbocycles. The first-order valence-corrected chi connectivity index (χ1v) is 18.4. The average molecular weight is 749 g/mol. The van der Waals surface area contributed by atoms with Gasteiger partial charge in [-0.1, -0.05) is 109 Å². The van der Waals surface area contributed by atoms with E-state index in [0.717, 1.165) is 5.56 Å². The van der Waals surface area contributed by atoms with Crippen LogP contribution in [0.25, 0.3) is 0 Å². The zero-order valence-corrected chi connectivity index (χ0v) is 32.6. The molecule has 1 aliphatic heterocycles. The molecule has 1 aliphatic rings. The number of Topliss-reactive ketones (excluding diaryl/α,β-unsaturated/α-hetero) is 1. The van der Waals surface area contributed by atoms with Gasteiger partial charge in [0.15, 0.2) is 0 Å². The largest absolute Gasteiger partial charge is 0.449 e. The summed E-state index contributed by atoms with van der Waals surface area (Å²) in [5.74, 6) is -4.63. The van der Waals surface area contributed by atoms with Crippen LogP contribution >= 0.6 is 0 Å². The van der Waals surface area contributed by atoms with Crippen LogP contribution < -0.4 is 21.3 Å². The quantitative estimate of drug-likeness (QED) is 0.178. The first-order chi connectivity index (χ1) is 25.4. The van der Waals surface area contributed by atoms with Gasteiger partial charge in [-0.25, -0.2) is 4.79 Å². The van der Waals surface area contributed by atoms with Crippen LogP contribution in [0.3, 0.4) is 0 Å². The number of carbonyl (C=O) groups is 7. The summed E-state index contributed by atoms with van der Waals surface area (Å²) < 4.78 is 5.35. The molecular formula is C40H56N6O8. The molecule has 3 rings (SSSR count). The lowest BCUT2D eigenvalue weighted by Crippen LogP contribution is -2.57. The van der Waals surface area contributed by atoms with E-state index in [0.29, 0.717) is 12.0 Å². The van der Waals surface area contributed by atoms with E-state index < -0.39 is 77.6 Å². The highest BCUT2D eigenvalue weighted by atomic mass is 16.5. The van der Waals surface area contributed by atoms with Crippen molar-refractivity contribution in [2.24, 2.45) is 11.3 Å². The normalized spacial score (nSPS) is 17.0. The molecule has 0 radical (unpaired) electrons. The van der Waals surface area contributed by atoms with E-state index in [-0.39, 0.29) is 37.8 Å². The summed E-state index contributed by atoms with van der Waals surface area (Å²) in [6.07, 6.45) is 0.0758. The SMILES string of the molecule is CCCC(NC(=O)C1CC(C)(C)CN1C(=O)[C@@H](NC(=O)OCC(C)C)C(C)c1ccccc1)C(=O)C(=O)NCC(=O)N[C@H](C(=O)N(C)C)c1ccccc1. The maximum Gasteiger partial charge on any atom is 0.407 e. The molecule has 2 aromatic carbocycles. The summed E-state index contributed by atoms with van der Waals surface area (Å²) in [4.78, 5) is 96.1. The van der Waals surface area contributed by atoms with Gasteiger partial charge in [0.25, 0.3) is 5.91 Å². The van der Waals surface area contributed by atoms with Crippen LogP contribution in [0.5, 0.6) is 0 Å². The third-order valence-electron chi connectivity index (χ3n) is 9.19. The second kappa shape index (κ2) is 19.7. The molecule has 6 amide bonds. The summed E-state index contributed by atoms with van der Waals surface area (Å²) in [5.41, 5.74) is 0.854. The molecule has 14 heteroatoms. The number of rotatable bonds is 17. The Kier molecular flexibility index (Phi) is 15.7. The van der Waals surface area contributed by atoms with Gasteiger partial charge in [0.05, 0.1) is 19.2 Å². The Labute approximate surface area is 318 Å². The number of ketones is 1. The second-order valence-corrected chi connectivity index (χ2v) is 15.2. The van der Waals surface area contributed by atoms with Crippen LogP contribution in [-0.2, 0) is 33.5 Å². The second-order valence-electron chi connectivity index (χ2n) is 15.2. The Hall–Kier alpha value is -5.27. The summed E-state index contributed by atoms with van der Waals surface area (Å²) in [7, 11) is 3.11. The van der Waals surface area contributed by atoms with E-state index in [1.165, 1.54) is 9.80 Å². The number of hydrogen-bond acceptors (Lipinski definition) is 8. The molecule has 1 heterocycles. The van der Waals surface area contributed by atoms with Crippen molar-refractivity contribution < 1.29 is 38.3 Å². The number of alkyl carbamates (subject to hydrolysis) is 1. The summed E-state index contributed by atoms with van der Waals surface area (Å²) in [6.45, 7) is 11.0. The fourth-order valence-corrected chi connectivity index (χ4v) is 6.31. The number of hydrogen-bond donors (Lipinski definition) is 4. The molecule has 4 N–H and O–H groups in total. The standard InChI is InChI=1S/C40H56N6O8/c1-9-16-29(34(48)36(50)41-22-31(47)43-33(37(51)45(7)8)28-19-14-11-15-20-28)42-35(49)30-21-40(5,6)24-46(30)38(52)32(44-39(53)54-23-25(2)3)26(4)27-17-12-10-13-18-27/h10-15,17-20,25-26,29-30,32-33H,9,16,21-24H2,1-8H3,(H,41,50)(H,42,49)(H,43,47)(H,44,53)/t26?,29?,30?,32-,33-/m0/s1. The van der Waals surface area contributed by atoms with Gasteiger partial charge in [0, 0.05) is 26.6 Å². The number of amides is 6. The maximum atomic E-state index is 14.4. The third kappa shape index (κ3) is 12.1. The summed E-state index contributed by atoms with van der Waals surface area (Å²) in [5, 5.41) is 10.4. The van der Waals surface area contributed by atoms with Crippen molar-refractivity contribution in [2.45, 2.75) is 90.9 Å². The Morgan fingerprint density at radius 1 is 0.870 bits per heavy atom. The molecule has 2 aromatic rings. The highest BCUT2D eigenvalue weighted by molar-refractivity contribution is 6.38. The number of nitrogens with zero attached hydrogens (tertiary/aromatic N) is 2. The fraction of sp³-hybridized carbons (Fsp3) is 0.525. The van der Waals surface area contributed by atoms with E-state index in [1.807, 2.05) is 65.0 Å². The fourth-order valence-electron chi connectivity index (χ4n) is 6.31. The molecule has 1 saturated heterocycles. The first kappa shape index (κ1) is 43.1. The number of likely N-dealkylation sites (tertiary alicyclic amines) is 1. The van der Waals surface area contributed by atoms with Crippen molar-refractivity contribution in [3.8, 4) is 0 Å². The molecule has 0 aromatic heterocycles. The summed E-state index contributed by atoms with van der Waals surface area (Å²) in [6, 6.07) is 13.5. The van der Waals surface area contributed by atoms with Gasteiger partial charge in [-0.2, -0.15) is 0 Å². The maximum absolute atomic E-state index is 14.4. The van der Waals surface area contributed by atoms with Gasteiger partial charge >= 0.3 is 6.09 Å². The topological polar surface area (TPSA) is 183 Å². The first-order valence-electron chi connectivity index (χ1n) is 18.4. The van der Waals surface area contributed by atoms with Crippen molar-refractivity contribution >= 4 is 41.4 Å². The minimum Gasteiger partial charge on any atom is -0.449 e. The highest BCUT2D eigenvalue weighted by Gasteiger charge is 2.47. The average Bonchev–Trinajstić information content (AvgIpc) is 3.48. The minimum absolute atomic E-state index is 0.0765. The number of nitrogens with one attached hydrogen (secondary N) is 4. The van der Waals surface area contributed by atoms with Gasteiger partial charge in [-0.3, -0.25) is 28.8 Å². The van der Waals surface area contributed by atoms with Crippen LogP contribution in [0, 0.1) is 11.3 Å². The Morgan fingerprint density at radius 3 is 2.02 bits per heavy atom. The van der Waals surface area contributed by atoms with Crippen LogP contribution in [0.2, 0.25) is 0 Å². The zero-order valence-electron chi connectivity index (χ0n) is 32.6. The van der Waals surface area contributed by atoms with Crippen molar-refractivity contribution in [3.05, 3.63) is 71.8 Å².